The van der Waals surface area contributed by atoms with Crippen molar-refractivity contribution in [2.45, 2.75) is 19.6 Å². The Morgan fingerprint density at radius 1 is 1.24 bits per heavy atom. The number of hydrogen-bond acceptors (Lipinski definition) is 4. The van der Waals surface area contributed by atoms with Crippen LogP contribution in [0.25, 0.3) is 0 Å². The summed E-state index contributed by atoms with van der Waals surface area (Å²) in [6.07, 6.45) is -0.749. The number of rotatable bonds is 3. The van der Waals surface area contributed by atoms with Crippen LogP contribution >= 0.6 is 0 Å². The molecule has 0 saturated heterocycles. The van der Waals surface area contributed by atoms with E-state index in [-0.39, 0.29) is 12.1 Å². The highest BCUT2D eigenvalue weighted by Gasteiger charge is 2.32. The Kier molecular flexibility index (Phi) is 4.15. The number of hydrogen-bond donors (Lipinski definition) is 1. The molecule has 0 spiro atoms. The van der Waals surface area contributed by atoms with Gasteiger partial charge < -0.3 is 5.32 Å². The van der Waals surface area contributed by atoms with Crippen LogP contribution in [0.15, 0.2) is 30.7 Å². The van der Waals surface area contributed by atoms with Crippen molar-refractivity contribution in [1.29, 1.82) is 0 Å². The molecule has 1 N–H and O–H groups in total. The molecule has 2 aromatic heterocycles. The number of carbonyl (C=O) groups excluding carboxylic acids is 1. The van der Waals surface area contributed by atoms with Gasteiger partial charge in [-0.05, 0) is 24.6 Å². The molecule has 2 aromatic rings. The second kappa shape index (κ2) is 5.86. The minimum atomic E-state index is -4.51. The van der Waals surface area contributed by atoms with E-state index < -0.39 is 17.8 Å². The monoisotopic (exact) mass is 296 g/mol. The second-order valence-corrected chi connectivity index (χ2v) is 4.25. The molecular weight excluding hydrogens is 285 g/mol. The fourth-order valence-corrected chi connectivity index (χ4v) is 1.53. The lowest BCUT2D eigenvalue weighted by Gasteiger charge is -2.08. The fraction of sp³-hybridized carbons (Fsp3) is 0.231. The first-order valence-electron chi connectivity index (χ1n) is 5.95. The average molecular weight is 296 g/mol. The Balaban J connectivity index is 2.03. The zero-order valence-corrected chi connectivity index (χ0v) is 11.0. The molecule has 0 fully saturated rings. The maximum Gasteiger partial charge on any atom is 0.433 e. The molecule has 0 aliphatic carbocycles. The number of alkyl halides is 3. The zero-order chi connectivity index (χ0) is 15.5. The lowest BCUT2D eigenvalue weighted by atomic mass is 10.2. The summed E-state index contributed by atoms with van der Waals surface area (Å²) in [5, 5.41) is 2.50. The first-order valence-corrected chi connectivity index (χ1v) is 5.95. The van der Waals surface area contributed by atoms with Crippen LogP contribution in [0.4, 0.5) is 13.2 Å². The van der Waals surface area contributed by atoms with Gasteiger partial charge in [-0.15, -0.1) is 0 Å². The van der Waals surface area contributed by atoms with Gasteiger partial charge in [-0.1, -0.05) is 0 Å². The van der Waals surface area contributed by atoms with Gasteiger partial charge in [-0.2, -0.15) is 13.2 Å². The Hall–Kier alpha value is -2.51. The van der Waals surface area contributed by atoms with Crippen molar-refractivity contribution in [3.05, 3.63) is 53.4 Å². The summed E-state index contributed by atoms with van der Waals surface area (Å²) in [7, 11) is 0. The fourth-order valence-electron chi connectivity index (χ4n) is 1.53. The predicted molar refractivity (Wildman–Crippen MR) is 67.2 cm³/mol. The van der Waals surface area contributed by atoms with Crippen molar-refractivity contribution >= 4 is 5.91 Å². The van der Waals surface area contributed by atoms with Gasteiger partial charge in [0.25, 0.3) is 5.91 Å². The minimum absolute atomic E-state index is 0.0433. The van der Waals surface area contributed by atoms with E-state index >= 15 is 0 Å². The molecule has 0 aliphatic rings. The third kappa shape index (κ3) is 3.98. The summed E-state index contributed by atoms with van der Waals surface area (Å²) in [5.74, 6) is 0.0656. The standard InChI is InChI=1S/C13H11F3N4O/c1-8-18-6-10(7-19-8)12(21)20-5-9-2-3-17-11(4-9)13(14,15)16/h2-4,6-7H,5H2,1H3,(H,20,21). The van der Waals surface area contributed by atoms with E-state index in [1.807, 2.05) is 0 Å². The third-order valence-electron chi connectivity index (χ3n) is 2.61. The molecule has 0 bridgehead atoms. The molecule has 0 radical (unpaired) electrons. The number of aryl methyl sites for hydroxylation is 1. The predicted octanol–water partition coefficient (Wildman–Crippen LogP) is 2.13. The largest absolute Gasteiger partial charge is 0.433 e. The second-order valence-electron chi connectivity index (χ2n) is 4.25. The maximum absolute atomic E-state index is 12.5. The molecule has 0 saturated carbocycles. The number of aromatic nitrogens is 3. The van der Waals surface area contributed by atoms with Crippen molar-refractivity contribution in [3.63, 3.8) is 0 Å². The minimum Gasteiger partial charge on any atom is -0.348 e. The average Bonchev–Trinajstić information content (AvgIpc) is 2.45. The summed E-state index contributed by atoms with van der Waals surface area (Å²) in [5.41, 5.74) is -0.447. The third-order valence-corrected chi connectivity index (χ3v) is 2.61. The molecule has 1 amide bonds. The Morgan fingerprint density at radius 3 is 2.52 bits per heavy atom. The Morgan fingerprint density at radius 2 is 1.90 bits per heavy atom. The van der Waals surface area contributed by atoms with E-state index in [2.05, 4.69) is 20.3 Å². The lowest BCUT2D eigenvalue weighted by molar-refractivity contribution is -0.141. The first kappa shape index (κ1) is 14.9. The number of carbonyl (C=O) groups is 1. The molecular formula is C13H11F3N4O. The molecule has 8 heteroatoms. The van der Waals surface area contributed by atoms with Gasteiger partial charge in [-0.25, -0.2) is 9.97 Å². The Labute approximate surface area is 118 Å². The summed E-state index contributed by atoms with van der Waals surface area (Å²) in [4.78, 5) is 22.8. The van der Waals surface area contributed by atoms with Crippen molar-refractivity contribution in [1.82, 2.24) is 20.3 Å². The number of nitrogens with one attached hydrogen (secondary N) is 1. The molecule has 5 nitrogen and oxygen atoms in total. The van der Waals surface area contributed by atoms with Gasteiger partial charge in [0.15, 0.2) is 0 Å². The normalized spacial score (nSPS) is 11.2. The van der Waals surface area contributed by atoms with E-state index in [1.165, 1.54) is 18.5 Å². The van der Waals surface area contributed by atoms with E-state index in [4.69, 9.17) is 0 Å². The van der Waals surface area contributed by atoms with Gasteiger partial charge in [0.05, 0.1) is 5.56 Å². The van der Waals surface area contributed by atoms with Crippen molar-refractivity contribution in [2.24, 2.45) is 0 Å². The smallest absolute Gasteiger partial charge is 0.348 e. The number of halogens is 3. The van der Waals surface area contributed by atoms with Crippen molar-refractivity contribution < 1.29 is 18.0 Å². The van der Waals surface area contributed by atoms with E-state index in [0.29, 0.717) is 11.4 Å². The topological polar surface area (TPSA) is 67.8 Å². The summed E-state index contributed by atoms with van der Waals surface area (Å²) >= 11 is 0. The van der Waals surface area contributed by atoms with Crippen LogP contribution in [-0.4, -0.2) is 20.9 Å². The van der Waals surface area contributed by atoms with Gasteiger partial charge in [-0.3, -0.25) is 9.78 Å². The van der Waals surface area contributed by atoms with Crippen LogP contribution in [0.3, 0.4) is 0 Å². The highest BCUT2D eigenvalue weighted by atomic mass is 19.4. The van der Waals surface area contributed by atoms with Crippen molar-refractivity contribution in [2.75, 3.05) is 0 Å². The molecule has 0 unspecified atom stereocenters. The molecule has 110 valence electrons. The van der Waals surface area contributed by atoms with Crippen LogP contribution in [0.5, 0.6) is 0 Å². The van der Waals surface area contributed by atoms with E-state index in [0.717, 1.165) is 12.3 Å². The van der Waals surface area contributed by atoms with E-state index in [1.54, 1.807) is 6.92 Å². The summed E-state index contributed by atoms with van der Waals surface area (Å²) < 4.78 is 37.5. The summed E-state index contributed by atoms with van der Waals surface area (Å²) in [6.45, 7) is 1.63. The van der Waals surface area contributed by atoms with Crippen LogP contribution < -0.4 is 5.32 Å². The van der Waals surface area contributed by atoms with E-state index in [9.17, 15) is 18.0 Å². The SMILES string of the molecule is Cc1ncc(C(=O)NCc2ccnc(C(F)(F)F)c2)cn1. The maximum atomic E-state index is 12.5. The number of pyridine rings is 1. The van der Waals surface area contributed by atoms with Crippen LogP contribution in [0.1, 0.15) is 27.4 Å². The highest BCUT2D eigenvalue weighted by Crippen LogP contribution is 2.27. The summed E-state index contributed by atoms with van der Waals surface area (Å²) in [6, 6.07) is 2.30. The molecule has 0 aromatic carbocycles. The van der Waals surface area contributed by atoms with Gasteiger partial charge >= 0.3 is 6.18 Å². The lowest BCUT2D eigenvalue weighted by Crippen LogP contribution is -2.23. The van der Waals surface area contributed by atoms with Gasteiger partial charge in [0.1, 0.15) is 11.5 Å². The zero-order valence-electron chi connectivity index (χ0n) is 11.0. The molecule has 2 heterocycles. The number of nitrogens with zero attached hydrogens (tertiary/aromatic N) is 3. The Bertz CT molecular complexity index is 641. The first-order chi connectivity index (χ1) is 9.86. The molecule has 2 rings (SSSR count). The van der Waals surface area contributed by atoms with Crippen molar-refractivity contribution in [3.8, 4) is 0 Å². The number of amides is 1. The van der Waals surface area contributed by atoms with Crippen LogP contribution in [0.2, 0.25) is 0 Å². The molecule has 0 atom stereocenters. The van der Waals surface area contributed by atoms with Gasteiger partial charge in [0.2, 0.25) is 0 Å². The highest BCUT2D eigenvalue weighted by molar-refractivity contribution is 5.93. The molecule has 21 heavy (non-hydrogen) atoms. The van der Waals surface area contributed by atoms with Gasteiger partial charge in [0, 0.05) is 25.1 Å². The molecule has 0 aliphatic heterocycles. The van der Waals surface area contributed by atoms with Crippen LogP contribution in [-0.2, 0) is 12.7 Å². The van der Waals surface area contributed by atoms with Crippen LogP contribution in [0, 0.1) is 6.92 Å². The quantitative estimate of drug-likeness (QED) is 0.942.